The molecule has 100 valence electrons. The highest BCUT2D eigenvalue weighted by molar-refractivity contribution is 7.99. The molecule has 0 aliphatic carbocycles. The van der Waals surface area contributed by atoms with Gasteiger partial charge in [0.1, 0.15) is 0 Å². The Labute approximate surface area is 110 Å². The molecule has 0 radical (unpaired) electrons. The predicted octanol–water partition coefficient (Wildman–Crippen LogP) is 1.58. The maximum Gasteiger partial charge on any atom is 0.0698 e. The molecule has 3 nitrogen and oxygen atoms in total. The van der Waals surface area contributed by atoms with Gasteiger partial charge in [0.25, 0.3) is 0 Å². The Morgan fingerprint density at radius 2 is 2.12 bits per heavy atom. The summed E-state index contributed by atoms with van der Waals surface area (Å²) >= 11 is 2.18. The minimum Gasteiger partial charge on any atom is -0.380 e. The molecule has 17 heavy (non-hydrogen) atoms. The zero-order valence-corrected chi connectivity index (χ0v) is 11.8. The highest BCUT2D eigenvalue weighted by Gasteiger charge is 2.19. The van der Waals surface area contributed by atoms with Gasteiger partial charge in [-0.1, -0.05) is 0 Å². The molecule has 1 N–H and O–H groups in total. The van der Waals surface area contributed by atoms with Crippen molar-refractivity contribution >= 4 is 11.8 Å². The summed E-state index contributed by atoms with van der Waals surface area (Å²) in [4.78, 5) is 2.58. The largest absolute Gasteiger partial charge is 0.380 e. The van der Waals surface area contributed by atoms with Gasteiger partial charge in [-0.2, -0.15) is 11.8 Å². The maximum atomic E-state index is 5.46. The minimum absolute atomic E-state index is 0.479. The Kier molecular flexibility index (Phi) is 6.12. The quantitative estimate of drug-likeness (QED) is 0.809. The summed E-state index contributed by atoms with van der Waals surface area (Å²) in [6, 6.07) is 0. The minimum atomic E-state index is 0.479. The van der Waals surface area contributed by atoms with E-state index in [0.29, 0.717) is 6.10 Å². The van der Waals surface area contributed by atoms with E-state index < -0.39 is 0 Å². The van der Waals surface area contributed by atoms with Gasteiger partial charge in [-0.05, 0) is 45.3 Å². The molecule has 2 fully saturated rings. The third-order valence-electron chi connectivity index (χ3n) is 3.84. The lowest BCUT2D eigenvalue weighted by Gasteiger charge is -2.32. The van der Waals surface area contributed by atoms with Crippen LogP contribution in [0.15, 0.2) is 0 Å². The zero-order chi connectivity index (χ0) is 11.9. The monoisotopic (exact) mass is 258 g/mol. The van der Waals surface area contributed by atoms with Crippen molar-refractivity contribution in [1.29, 1.82) is 0 Å². The molecule has 4 heteroatoms. The summed E-state index contributed by atoms with van der Waals surface area (Å²) < 4.78 is 5.46. The maximum absolute atomic E-state index is 5.46. The van der Waals surface area contributed by atoms with Crippen LogP contribution in [0.25, 0.3) is 0 Å². The van der Waals surface area contributed by atoms with Crippen LogP contribution in [-0.4, -0.2) is 61.8 Å². The van der Waals surface area contributed by atoms with E-state index in [0.717, 1.165) is 11.8 Å². The fraction of sp³-hybridized carbons (Fsp3) is 1.00. The van der Waals surface area contributed by atoms with Gasteiger partial charge in [-0.15, -0.1) is 0 Å². The summed E-state index contributed by atoms with van der Waals surface area (Å²) in [6.45, 7) is 6.09. The average molecular weight is 258 g/mol. The molecule has 1 atom stereocenters. The van der Waals surface area contributed by atoms with Gasteiger partial charge in [0, 0.05) is 31.2 Å². The van der Waals surface area contributed by atoms with Crippen molar-refractivity contribution in [2.24, 2.45) is 0 Å². The molecule has 0 bridgehead atoms. The highest BCUT2D eigenvalue weighted by atomic mass is 32.2. The average Bonchev–Trinajstić information content (AvgIpc) is 2.40. The van der Waals surface area contributed by atoms with Crippen molar-refractivity contribution in [3.05, 3.63) is 0 Å². The second-order valence-electron chi connectivity index (χ2n) is 5.12. The van der Waals surface area contributed by atoms with Crippen molar-refractivity contribution in [1.82, 2.24) is 10.2 Å². The topological polar surface area (TPSA) is 24.5 Å². The number of nitrogens with one attached hydrogen (secondary N) is 1. The lowest BCUT2D eigenvalue weighted by Crippen LogP contribution is -2.40. The van der Waals surface area contributed by atoms with Crippen molar-refractivity contribution in [3.63, 3.8) is 0 Å². The molecule has 0 aromatic rings. The van der Waals surface area contributed by atoms with E-state index in [1.54, 1.807) is 0 Å². The first-order valence-corrected chi connectivity index (χ1v) is 8.01. The van der Waals surface area contributed by atoms with Crippen LogP contribution in [0, 0.1) is 0 Å². The van der Waals surface area contributed by atoms with Gasteiger partial charge in [-0.3, -0.25) is 4.90 Å². The van der Waals surface area contributed by atoms with Crippen LogP contribution in [-0.2, 0) is 4.74 Å². The Hall–Kier alpha value is 0.230. The van der Waals surface area contributed by atoms with Crippen molar-refractivity contribution in [2.45, 2.75) is 37.0 Å². The Balaban J connectivity index is 1.57. The molecule has 0 saturated carbocycles. The molecule has 2 rings (SSSR count). The fourth-order valence-electron chi connectivity index (χ4n) is 2.72. The van der Waals surface area contributed by atoms with Crippen LogP contribution in [0.4, 0.5) is 0 Å². The number of hydrogen-bond donors (Lipinski definition) is 1. The van der Waals surface area contributed by atoms with Gasteiger partial charge < -0.3 is 10.1 Å². The summed E-state index contributed by atoms with van der Waals surface area (Å²) in [5, 5.41) is 4.33. The van der Waals surface area contributed by atoms with Crippen LogP contribution < -0.4 is 5.32 Å². The third-order valence-corrected chi connectivity index (χ3v) is 5.20. The van der Waals surface area contributed by atoms with Crippen LogP contribution >= 0.6 is 11.8 Å². The molecule has 2 aliphatic heterocycles. The van der Waals surface area contributed by atoms with E-state index in [1.807, 2.05) is 7.11 Å². The fourth-order valence-corrected chi connectivity index (χ4v) is 3.99. The third kappa shape index (κ3) is 4.78. The smallest absolute Gasteiger partial charge is 0.0698 e. The Morgan fingerprint density at radius 3 is 2.88 bits per heavy atom. The van der Waals surface area contributed by atoms with Gasteiger partial charge in [0.15, 0.2) is 0 Å². The molecule has 0 amide bonds. The molecule has 2 heterocycles. The van der Waals surface area contributed by atoms with Crippen LogP contribution in [0.1, 0.15) is 25.7 Å². The van der Waals surface area contributed by atoms with Crippen molar-refractivity contribution in [3.8, 4) is 0 Å². The van der Waals surface area contributed by atoms with Crippen molar-refractivity contribution < 1.29 is 4.74 Å². The van der Waals surface area contributed by atoms with Crippen LogP contribution in [0.5, 0.6) is 0 Å². The molecule has 1 unspecified atom stereocenters. The first-order chi connectivity index (χ1) is 8.38. The molecule has 2 aliphatic rings. The predicted molar refractivity (Wildman–Crippen MR) is 74.8 cm³/mol. The Morgan fingerprint density at radius 1 is 1.29 bits per heavy atom. The number of rotatable bonds is 5. The molecule has 0 spiro atoms. The second kappa shape index (κ2) is 7.62. The van der Waals surface area contributed by atoms with E-state index in [1.165, 1.54) is 57.6 Å². The first kappa shape index (κ1) is 13.7. The summed E-state index contributed by atoms with van der Waals surface area (Å²) in [5.41, 5.74) is 0. The van der Waals surface area contributed by atoms with Gasteiger partial charge in [-0.25, -0.2) is 0 Å². The van der Waals surface area contributed by atoms with Crippen molar-refractivity contribution in [2.75, 3.05) is 45.6 Å². The van der Waals surface area contributed by atoms with E-state index in [2.05, 4.69) is 22.0 Å². The number of thioether (sulfide) groups is 1. The second-order valence-corrected chi connectivity index (χ2v) is 6.53. The van der Waals surface area contributed by atoms with E-state index >= 15 is 0 Å². The van der Waals surface area contributed by atoms with E-state index in [9.17, 15) is 0 Å². The normalized spacial score (nSPS) is 28.4. The number of hydrogen-bond acceptors (Lipinski definition) is 4. The van der Waals surface area contributed by atoms with Gasteiger partial charge >= 0.3 is 0 Å². The number of ether oxygens (including phenoxy) is 1. The summed E-state index contributed by atoms with van der Waals surface area (Å²) in [5.74, 6) is 1.29. The zero-order valence-electron chi connectivity index (χ0n) is 11.0. The molecule has 2 saturated heterocycles. The standard InChI is InChI=1S/C13H26N2OS/c1-16-12-3-2-8-15(11-12)9-10-17-13-4-6-14-7-5-13/h12-14H,2-11H2,1H3. The lowest BCUT2D eigenvalue weighted by atomic mass is 10.1. The van der Waals surface area contributed by atoms with E-state index in [-0.39, 0.29) is 0 Å². The SMILES string of the molecule is COC1CCCN(CCSC2CCNCC2)C1. The summed E-state index contributed by atoms with van der Waals surface area (Å²) in [7, 11) is 1.85. The van der Waals surface area contributed by atoms with Gasteiger partial charge in [0.2, 0.25) is 0 Å². The van der Waals surface area contributed by atoms with E-state index in [4.69, 9.17) is 4.74 Å². The van der Waals surface area contributed by atoms with Crippen LogP contribution in [0.3, 0.4) is 0 Å². The highest BCUT2D eigenvalue weighted by Crippen LogP contribution is 2.21. The number of methoxy groups -OCH3 is 1. The summed E-state index contributed by atoms with van der Waals surface area (Å²) in [6.07, 6.45) is 5.73. The first-order valence-electron chi connectivity index (χ1n) is 6.96. The van der Waals surface area contributed by atoms with Crippen LogP contribution in [0.2, 0.25) is 0 Å². The number of piperidine rings is 2. The number of nitrogens with zero attached hydrogens (tertiary/aromatic N) is 1. The molecule has 0 aromatic heterocycles. The number of likely N-dealkylation sites (tertiary alicyclic amines) is 1. The molecule has 0 aromatic carbocycles. The van der Waals surface area contributed by atoms with Gasteiger partial charge in [0.05, 0.1) is 6.10 Å². The molecular formula is C13H26N2OS. The molecular weight excluding hydrogens is 232 g/mol. The Bertz CT molecular complexity index is 210. The lowest BCUT2D eigenvalue weighted by molar-refractivity contribution is 0.0338.